The molecule has 0 bridgehead atoms. The van der Waals surface area contributed by atoms with Gasteiger partial charge in [0.25, 0.3) is 5.91 Å². The maximum atomic E-state index is 13.2. The van der Waals surface area contributed by atoms with Crippen LogP contribution in [0.5, 0.6) is 0 Å². The Morgan fingerprint density at radius 2 is 1.96 bits per heavy atom. The van der Waals surface area contributed by atoms with Gasteiger partial charge >= 0.3 is 6.03 Å². The zero-order chi connectivity index (χ0) is 18.9. The number of imide groups is 1. The van der Waals surface area contributed by atoms with Crippen molar-refractivity contribution in [1.29, 1.82) is 0 Å². The fourth-order valence-corrected chi connectivity index (χ4v) is 3.08. The number of rotatable bonds is 6. The first-order valence-corrected chi connectivity index (χ1v) is 8.57. The normalized spacial score (nSPS) is 20.1. The number of halogens is 1. The molecular weight excluding hydrogens is 339 g/mol. The summed E-state index contributed by atoms with van der Waals surface area (Å²) in [5.74, 6) is 0.290. The van der Waals surface area contributed by atoms with Gasteiger partial charge in [0.15, 0.2) is 5.82 Å². The molecule has 0 aliphatic carbocycles. The molecule has 1 atom stereocenters. The largest absolute Gasteiger partial charge is 0.337 e. The summed E-state index contributed by atoms with van der Waals surface area (Å²) in [7, 11) is 0. The van der Waals surface area contributed by atoms with E-state index in [1.165, 1.54) is 24.3 Å². The molecule has 7 nitrogen and oxygen atoms in total. The van der Waals surface area contributed by atoms with Crippen LogP contribution in [0.25, 0.3) is 0 Å². The second-order valence-corrected chi connectivity index (χ2v) is 6.79. The summed E-state index contributed by atoms with van der Waals surface area (Å²) in [4.78, 5) is 30.7. The summed E-state index contributed by atoms with van der Waals surface area (Å²) >= 11 is 0. The molecule has 1 saturated heterocycles. The summed E-state index contributed by atoms with van der Waals surface area (Å²) < 4.78 is 18.4. The number of carbonyl (C=O) groups excluding carboxylic acids is 2. The molecule has 3 amide bonds. The van der Waals surface area contributed by atoms with Gasteiger partial charge in [0.1, 0.15) is 17.9 Å². The van der Waals surface area contributed by atoms with E-state index in [9.17, 15) is 14.0 Å². The molecular formula is C18H21FN4O3. The molecule has 1 aliphatic heterocycles. The van der Waals surface area contributed by atoms with Gasteiger partial charge in [-0.25, -0.2) is 9.18 Å². The molecule has 1 unspecified atom stereocenters. The van der Waals surface area contributed by atoms with Crippen molar-refractivity contribution < 1.29 is 18.5 Å². The fraction of sp³-hybridized carbons (Fsp3) is 0.444. The highest BCUT2D eigenvalue weighted by Gasteiger charge is 2.51. The number of hydrogen-bond acceptors (Lipinski definition) is 5. The van der Waals surface area contributed by atoms with Crippen molar-refractivity contribution in [3.63, 3.8) is 0 Å². The Balaban J connectivity index is 1.83. The van der Waals surface area contributed by atoms with Gasteiger partial charge in [0.05, 0.1) is 0 Å². The van der Waals surface area contributed by atoms with Gasteiger partial charge in [-0.1, -0.05) is 38.1 Å². The van der Waals surface area contributed by atoms with Gasteiger partial charge in [0, 0.05) is 6.42 Å². The Bertz CT molecular complexity index is 818. The van der Waals surface area contributed by atoms with Gasteiger partial charge in [-0.05, 0) is 30.0 Å². The Kier molecular flexibility index (Phi) is 4.76. The van der Waals surface area contributed by atoms with Crippen LogP contribution in [0.2, 0.25) is 0 Å². The number of amides is 3. The number of carbonyl (C=O) groups is 2. The van der Waals surface area contributed by atoms with E-state index in [2.05, 4.69) is 15.5 Å². The Morgan fingerprint density at radius 3 is 2.58 bits per heavy atom. The van der Waals surface area contributed by atoms with Crippen molar-refractivity contribution >= 4 is 11.9 Å². The monoisotopic (exact) mass is 360 g/mol. The van der Waals surface area contributed by atoms with E-state index in [1.807, 2.05) is 13.8 Å². The first-order valence-electron chi connectivity index (χ1n) is 8.57. The van der Waals surface area contributed by atoms with Crippen molar-refractivity contribution in [1.82, 2.24) is 20.4 Å². The van der Waals surface area contributed by atoms with Gasteiger partial charge in [0.2, 0.25) is 5.89 Å². The van der Waals surface area contributed by atoms with Crippen molar-refractivity contribution in [2.75, 3.05) is 0 Å². The van der Waals surface area contributed by atoms with Crippen LogP contribution < -0.4 is 5.32 Å². The highest BCUT2D eigenvalue weighted by atomic mass is 19.1. The first-order chi connectivity index (χ1) is 12.4. The second kappa shape index (κ2) is 6.86. The predicted octanol–water partition coefficient (Wildman–Crippen LogP) is 2.76. The van der Waals surface area contributed by atoms with Crippen molar-refractivity contribution in [3.8, 4) is 0 Å². The number of aromatic nitrogens is 2. The molecule has 0 radical (unpaired) electrons. The lowest BCUT2D eigenvalue weighted by Gasteiger charge is -2.25. The third-order valence-electron chi connectivity index (χ3n) is 4.44. The van der Waals surface area contributed by atoms with E-state index in [-0.39, 0.29) is 12.4 Å². The lowest BCUT2D eigenvalue weighted by molar-refractivity contribution is -0.132. The van der Waals surface area contributed by atoms with Crippen molar-refractivity contribution in [2.45, 2.75) is 45.7 Å². The number of urea groups is 1. The average Bonchev–Trinajstić information content (AvgIpc) is 3.13. The SMILES string of the molecule is CCC1(c2ccc(F)cc2)NC(=O)N(Cc2nc(CC(C)C)no2)C1=O. The van der Waals surface area contributed by atoms with E-state index >= 15 is 0 Å². The average molecular weight is 360 g/mol. The maximum Gasteiger partial charge on any atom is 0.325 e. The highest BCUT2D eigenvalue weighted by Crippen LogP contribution is 2.33. The number of nitrogens with one attached hydrogen (secondary N) is 1. The highest BCUT2D eigenvalue weighted by molar-refractivity contribution is 6.07. The Labute approximate surface area is 150 Å². The Morgan fingerprint density at radius 1 is 1.27 bits per heavy atom. The van der Waals surface area contributed by atoms with E-state index in [0.29, 0.717) is 30.1 Å². The summed E-state index contributed by atoms with van der Waals surface area (Å²) in [5.41, 5.74) is -0.681. The molecule has 1 aromatic carbocycles. The number of benzene rings is 1. The van der Waals surface area contributed by atoms with Crippen LogP contribution >= 0.6 is 0 Å². The zero-order valence-corrected chi connectivity index (χ0v) is 15.0. The number of hydrogen-bond donors (Lipinski definition) is 1. The molecule has 3 rings (SSSR count). The minimum atomic E-state index is -1.22. The number of nitrogens with zero attached hydrogens (tertiary/aromatic N) is 3. The van der Waals surface area contributed by atoms with E-state index < -0.39 is 23.3 Å². The first kappa shape index (κ1) is 18.0. The molecule has 0 saturated carbocycles. The summed E-state index contributed by atoms with van der Waals surface area (Å²) in [6.07, 6.45) is 0.986. The third-order valence-corrected chi connectivity index (χ3v) is 4.44. The van der Waals surface area contributed by atoms with Crippen LogP contribution in [0.4, 0.5) is 9.18 Å². The van der Waals surface area contributed by atoms with E-state index in [1.54, 1.807) is 6.92 Å². The molecule has 138 valence electrons. The van der Waals surface area contributed by atoms with Crippen LogP contribution in [0.15, 0.2) is 28.8 Å². The molecule has 2 heterocycles. The quantitative estimate of drug-likeness (QED) is 0.800. The summed E-state index contributed by atoms with van der Waals surface area (Å²) in [6, 6.07) is 5.02. The maximum absolute atomic E-state index is 13.2. The van der Waals surface area contributed by atoms with Crippen LogP contribution in [0.1, 0.15) is 44.5 Å². The molecule has 8 heteroatoms. The topological polar surface area (TPSA) is 88.3 Å². The molecule has 26 heavy (non-hydrogen) atoms. The third kappa shape index (κ3) is 3.18. The van der Waals surface area contributed by atoms with Crippen molar-refractivity contribution in [3.05, 3.63) is 47.4 Å². The smallest absolute Gasteiger partial charge is 0.325 e. The summed E-state index contributed by atoms with van der Waals surface area (Å²) in [5, 5.41) is 6.61. The Hall–Kier alpha value is -2.77. The van der Waals surface area contributed by atoms with Crippen molar-refractivity contribution in [2.24, 2.45) is 5.92 Å². The molecule has 0 spiro atoms. The van der Waals surface area contributed by atoms with Gasteiger partial charge in [-0.2, -0.15) is 4.98 Å². The molecule has 1 fully saturated rings. The molecule has 2 aromatic rings. The van der Waals surface area contributed by atoms with Crippen LogP contribution in [-0.2, 0) is 23.3 Å². The van der Waals surface area contributed by atoms with Gasteiger partial charge in [-0.15, -0.1) is 0 Å². The standard InChI is InChI=1S/C18H21FN4O3/c1-4-18(12-5-7-13(19)8-6-12)16(24)23(17(25)21-18)10-15-20-14(22-26-15)9-11(2)3/h5-8,11H,4,9-10H2,1-3H3,(H,21,25). The van der Waals surface area contributed by atoms with Crippen LogP contribution in [0.3, 0.4) is 0 Å². The van der Waals surface area contributed by atoms with Gasteiger partial charge in [-0.3, -0.25) is 9.69 Å². The molecule has 1 N–H and O–H groups in total. The summed E-state index contributed by atoms with van der Waals surface area (Å²) in [6.45, 7) is 5.76. The molecule has 1 aliphatic rings. The van der Waals surface area contributed by atoms with Crippen LogP contribution in [0, 0.1) is 11.7 Å². The lowest BCUT2D eigenvalue weighted by Crippen LogP contribution is -2.43. The second-order valence-electron chi connectivity index (χ2n) is 6.79. The zero-order valence-electron chi connectivity index (χ0n) is 15.0. The van der Waals surface area contributed by atoms with Crippen LogP contribution in [-0.4, -0.2) is 27.0 Å². The lowest BCUT2D eigenvalue weighted by atomic mass is 9.87. The van der Waals surface area contributed by atoms with E-state index in [4.69, 9.17) is 4.52 Å². The predicted molar refractivity (Wildman–Crippen MR) is 90.3 cm³/mol. The minimum absolute atomic E-state index is 0.0985. The molecule has 1 aromatic heterocycles. The van der Waals surface area contributed by atoms with Gasteiger partial charge < -0.3 is 9.84 Å². The van der Waals surface area contributed by atoms with E-state index in [0.717, 1.165) is 4.90 Å². The fourth-order valence-electron chi connectivity index (χ4n) is 3.08. The minimum Gasteiger partial charge on any atom is -0.337 e.